The van der Waals surface area contributed by atoms with Crippen molar-refractivity contribution in [3.8, 4) is 11.8 Å². The molecule has 0 unspecified atom stereocenters. The molecule has 1 atom stereocenters. The molecule has 0 radical (unpaired) electrons. The van der Waals surface area contributed by atoms with Gasteiger partial charge in [0.05, 0.1) is 18.1 Å². The minimum atomic E-state index is -0.330. The second kappa shape index (κ2) is 7.25. The van der Waals surface area contributed by atoms with Crippen LogP contribution in [0, 0.1) is 22.6 Å². The first-order valence-electron chi connectivity index (χ1n) is 6.95. The number of nitrogens with zero attached hydrogens (tertiary/aromatic N) is 1. The van der Waals surface area contributed by atoms with E-state index in [9.17, 15) is 4.39 Å². The molecule has 20 heavy (non-hydrogen) atoms. The quantitative estimate of drug-likeness (QED) is 0.768. The second-order valence-electron chi connectivity index (χ2n) is 5.77. The molecule has 0 aliphatic rings. The highest BCUT2D eigenvalue weighted by molar-refractivity contribution is 5.30. The maximum atomic E-state index is 13.7. The highest BCUT2D eigenvalue weighted by atomic mass is 19.1. The molecule has 1 rings (SSSR count). The number of nitrogens with two attached hydrogens (primary N) is 1. The second-order valence-corrected chi connectivity index (χ2v) is 5.77. The van der Waals surface area contributed by atoms with Crippen molar-refractivity contribution < 1.29 is 9.13 Å². The highest BCUT2D eigenvalue weighted by Gasteiger charge is 2.15. The molecule has 0 saturated carbocycles. The van der Waals surface area contributed by atoms with Gasteiger partial charge in [-0.1, -0.05) is 6.07 Å². The van der Waals surface area contributed by atoms with Gasteiger partial charge in [-0.15, -0.1) is 0 Å². The summed E-state index contributed by atoms with van der Waals surface area (Å²) >= 11 is 0. The first-order chi connectivity index (χ1) is 9.35. The summed E-state index contributed by atoms with van der Waals surface area (Å²) in [6.07, 6.45) is 2.60. The Morgan fingerprint density at radius 3 is 2.65 bits per heavy atom. The lowest BCUT2D eigenvalue weighted by Gasteiger charge is -2.14. The molecule has 0 saturated heterocycles. The minimum absolute atomic E-state index is 0.287. The van der Waals surface area contributed by atoms with Gasteiger partial charge in [-0.3, -0.25) is 0 Å². The van der Waals surface area contributed by atoms with Crippen molar-refractivity contribution >= 4 is 0 Å². The van der Waals surface area contributed by atoms with E-state index >= 15 is 0 Å². The Morgan fingerprint density at radius 1 is 1.40 bits per heavy atom. The molecule has 0 aliphatic heterocycles. The standard InChI is InChI=1S/C16H23FN2O/c1-12(19)14-7-6-13(10-15(14)17)20-9-5-4-8-16(2,3)11-18/h6-7,10,12H,4-5,8-9,19H2,1-3H3/t12-/m1/s1. The van der Waals surface area contributed by atoms with E-state index in [1.165, 1.54) is 6.07 Å². The number of halogens is 1. The van der Waals surface area contributed by atoms with Gasteiger partial charge in [0.2, 0.25) is 0 Å². The van der Waals surface area contributed by atoms with Crippen LogP contribution in [0.5, 0.6) is 5.75 Å². The number of hydrogen-bond acceptors (Lipinski definition) is 3. The molecule has 3 nitrogen and oxygen atoms in total. The average molecular weight is 278 g/mol. The van der Waals surface area contributed by atoms with Gasteiger partial charge >= 0.3 is 0 Å². The van der Waals surface area contributed by atoms with Gasteiger partial charge in [0.25, 0.3) is 0 Å². The van der Waals surface area contributed by atoms with Gasteiger partial charge in [0, 0.05) is 17.7 Å². The van der Waals surface area contributed by atoms with E-state index in [4.69, 9.17) is 15.7 Å². The number of rotatable bonds is 7. The molecule has 1 aromatic carbocycles. The van der Waals surface area contributed by atoms with Gasteiger partial charge in [-0.05, 0) is 46.1 Å². The fourth-order valence-electron chi connectivity index (χ4n) is 1.88. The fraction of sp³-hybridized carbons (Fsp3) is 0.562. The summed E-state index contributed by atoms with van der Waals surface area (Å²) in [4.78, 5) is 0. The fourth-order valence-corrected chi connectivity index (χ4v) is 1.88. The Bertz CT molecular complexity index is 478. The van der Waals surface area contributed by atoms with Crippen molar-refractivity contribution in [2.75, 3.05) is 6.61 Å². The lowest BCUT2D eigenvalue weighted by Crippen LogP contribution is -2.09. The topological polar surface area (TPSA) is 59.0 Å². The normalized spacial score (nSPS) is 12.8. The molecule has 0 heterocycles. The monoisotopic (exact) mass is 278 g/mol. The zero-order valence-corrected chi connectivity index (χ0v) is 12.4. The number of ether oxygens (including phenoxy) is 1. The third kappa shape index (κ3) is 5.18. The molecule has 0 fully saturated rings. The van der Waals surface area contributed by atoms with E-state index < -0.39 is 0 Å². The summed E-state index contributed by atoms with van der Waals surface area (Å²) in [6, 6.07) is 6.72. The Labute approximate surface area is 120 Å². The largest absolute Gasteiger partial charge is 0.493 e. The lowest BCUT2D eigenvalue weighted by molar-refractivity contribution is 0.293. The Kier molecular flexibility index (Phi) is 5.97. The van der Waals surface area contributed by atoms with Crippen molar-refractivity contribution in [2.45, 2.75) is 46.1 Å². The third-order valence-electron chi connectivity index (χ3n) is 3.23. The molecule has 4 heteroatoms. The van der Waals surface area contributed by atoms with Crippen LogP contribution in [0.1, 0.15) is 51.6 Å². The first-order valence-corrected chi connectivity index (χ1v) is 6.95. The van der Waals surface area contributed by atoms with Crippen molar-refractivity contribution in [2.24, 2.45) is 11.1 Å². The molecular formula is C16H23FN2O. The average Bonchev–Trinajstić information content (AvgIpc) is 2.38. The number of hydrogen-bond donors (Lipinski definition) is 1. The Hall–Kier alpha value is -1.60. The van der Waals surface area contributed by atoms with Crippen LogP contribution in [0.15, 0.2) is 18.2 Å². The third-order valence-corrected chi connectivity index (χ3v) is 3.23. The van der Waals surface area contributed by atoms with E-state index in [1.54, 1.807) is 19.1 Å². The maximum Gasteiger partial charge on any atom is 0.131 e. The van der Waals surface area contributed by atoms with E-state index in [-0.39, 0.29) is 17.3 Å². The van der Waals surface area contributed by atoms with Gasteiger partial charge in [-0.25, -0.2) is 4.39 Å². The van der Waals surface area contributed by atoms with Crippen LogP contribution in [0.25, 0.3) is 0 Å². The van der Waals surface area contributed by atoms with Crippen molar-refractivity contribution in [1.29, 1.82) is 5.26 Å². The zero-order chi connectivity index (χ0) is 15.2. The van der Waals surface area contributed by atoms with Gasteiger partial charge in [0.1, 0.15) is 11.6 Å². The molecule has 0 bridgehead atoms. The predicted octanol–water partition coefficient (Wildman–Crippen LogP) is 3.94. The summed E-state index contributed by atoms with van der Waals surface area (Å²) in [6.45, 7) is 6.13. The highest BCUT2D eigenvalue weighted by Crippen LogP contribution is 2.23. The summed E-state index contributed by atoms with van der Waals surface area (Å²) in [7, 11) is 0. The summed E-state index contributed by atoms with van der Waals surface area (Å²) in [5, 5.41) is 8.90. The number of unbranched alkanes of at least 4 members (excludes halogenated alkanes) is 1. The smallest absolute Gasteiger partial charge is 0.131 e. The van der Waals surface area contributed by atoms with Crippen molar-refractivity contribution in [3.63, 3.8) is 0 Å². The van der Waals surface area contributed by atoms with Crippen LogP contribution in [0.4, 0.5) is 4.39 Å². The van der Waals surface area contributed by atoms with Crippen LogP contribution in [0.3, 0.4) is 0 Å². The zero-order valence-electron chi connectivity index (χ0n) is 12.4. The van der Waals surface area contributed by atoms with Crippen LogP contribution in [-0.2, 0) is 0 Å². The van der Waals surface area contributed by atoms with Crippen molar-refractivity contribution in [3.05, 3.63) is 29.6 Å². The van der Waals surface area contributed by atoms with E-state index in [2.05, 4.69) is 6.07 Å². The molecular weight excluding hydrogens is 255 g/mol. The lowest BCUT2D eigenvalue weighted by atomic mass is 9.89. The van der Waals surface area contributed by atoms with E-state index in [0.717, 1.165) is 19.3 Å². The molecule has 1 aromatic rings. The summed E-state index contributed by atoms with van der Waals surface area (Å²) < 4.78 is 19.2. The number of nitriles is 1. The minimum Gasteiger partial charge on any atom is -0.493 e. The van der Waals surface area contributed by atoms with Crippen LogP contribution in [0.2, 0.25) is 0 Å². The summed E-state index contributed by atoms with van der Waals surface area (Å²) in [5.41, 5.74) is 5.86. The Morgan fingerprint density at radius 2 is 2.10 bits per heavy atom. The van der Waals surface area contributed by atoms with E-state index in [0.29, 0.717) is 17.9 Å². The van der Waals surface area contributed by atoms with Gasteiger partial charge < -0.3 is 10.5 Å². The Balaban J connectivity index is 2.37. The molecule has 2 N–H and O–H groups in total. The predicted molar refractivity (Wildman–Crippen MR) is 77.7 cm³/mol. The van der Waals surface area contributed by atoms with E-state index in [1.807, 2.05) is 13.8 Å². The van der Waals surface area contributed by atoms with Gasteiger partial charge in [0.15, 0.2) is 0 Å². The van der Waals surface area contributed by atoms with Crippen LogP contribution >= 0.6 is 0 Å². The summed E-state index contributed by atoms with van der Waals surface area (Å²) in [5.74, 6) is 0.189. The molecule has 0 aliphatic carbocycles. The molecule has 0 aromatic heterocycles. The maximum absolute atomic E-state index is 13.7. The molecule has 0 spiro atoms. The van der Waals surface area contributed by atoms with Crippen LogP contribution < -0.4 is 10.5 Å². The van der Waals surface area contributed by atoms with Crippen LogP contribution in [-0.4, -0.2) is 6.61 Å². The van der Waals surface area contributed by atoms with Gasteiger partial charge in [-0.2, -0.15) is 5.26 Å². The molecule has 110 valence electrons. The molecule has 0 amide bonds. The van der Waals surface area contributed by atoms with Crippen molar-refractivity contribution in [1.82, 2.24) is 0 Å². The first kappa shape index (κ1) is 16.5. The SMILES string of the molecule is C[C@@H](N)c1ccc(OCCCCC(C)(C)C#N)cc1F. The number of benzene rings is 1.